The van der Waals surface area contributed by atoms with Crippen LogP contribution in [0.2, 0.25) is 0 Å². The Kier molecular flexibility index (Phi) is 4.67. The van der Waals surface area contributed by atoms with E-state index in [1.165, 1.54) is 0 Å². The van der Waals surface area contributed by atoms with Gasteiger partial charge >= 0.3 is 0 Å². The summed E-state index contributed by atoms with van der Waals surface area (Å²) in [6.07, 6.45) is 2.23. The number of aromatic nitrogens is 1. The Morgan fingerprint density at radius 2 is 2.00 bits per heavy atom. The molecule has 0 spiro atoms. The van der Waals surface area contributed by atoms with Gasteiger partial charge < -0.3 is 20.7 Å². The molecule has 116 valence electrons. The van der Waals surface area contributed by atoms with Crippen LogP contribution in [0.1, 0.15) is 29.8 Å². The topological polar surface area (TPSA) is 78.0 Å². The van der Waals surface area contributed by atoms with Gasteiger partial charge in [-0.05, 0) is 46.9 Å². The van der Waals surface area contributed by atoms with E-state index in [1.54, 1.807) is 0 Å². The van der Waals surface area contributed by atoms with Gasteiger partial charge in [0.15, 0.2) is 5.84 Å². The summed E-state index contributed by atoms with van der Waals surface area (Å²) in [5.41, 5.74) is 9.37. The highest BCUT2D eigenvalue weighted by molar-refractivity contribution is 6.03. The number of hydrogen-bond donors (Lipinski definition) is 2. The maximum absolute atomic E-state index is 9.03. The molecule has 6 nitrogen and oxygen atoms in total. The summed E-state index contributed by atoms with van der Waals surface area (Å²) in [5.74, 6) is 0.129. The van der Waals surface area contributed by atoms with Crippen molar-refractivity contribution in [2.24, 2.45) is 10.9 Å². The van der Waals surface area contributed by atoms with Crippen molar-refractivity contribution >= 4 is 11.5 Å². The lowest BCUT2D eigenvalue weighted by Gasteiger charge is -2.37. The van der Waals surface area contributed by atoms with Gasteiger partial charge in [0, 0.05) is 24.8 Å². The second-order valence-electron chi connectivity index (χ2n) is 5.91. The zero-order valence-electron chi connectivity index (χ0n) is 13.3. The molecule has 2 rings (SSSR count). The van der Waals surface area contributed by atoms with Crippen molar-refractivity contribution in [1.82, 2.24) is 9.88 Å². The van der Waals surface area contributed by atoms with Gasteiger partial charge in [-0.25, -0.2) is 0 Å². The number of anilines is 1. The third kappa shape index (κ3) is 3.26. The van der Waals surface area contributed by atoms with Crippen molar-refractivity contribution < 1.29 is 5.21 Å². The van der Waals surface area contributed by atoms with Crippen molar-refractivity contribution in [1.29, 1.82) is 0 Å². The average molecular weight is 291 g/mol. The number of piperidine rings is 1. The Labute approximate surface area is 126 Å². The molecular weight excluding hydrogens is 266 g/mol. The molecule has 21 heavy (non-hydrogen) atoms. The second-order valence-corrected chi connectivity index (χ2v) is 5.91. The van der Waals surface area contributed by atoms with Crippen LogP contribution in [0, 0.1) is 13.8 Å². The lowest BCUT2D eigenvalue weighted by Crippen LogP contribution is -2.42. The summed E-state index contributed by atoms with van der Waals surface area (Å²) < 4.78 is 0. The first-order valence-electron chi connectivity index (χ1n) is 7.31. The van der Waals surface area contributed by atoms with Gasteiger partial charge in [-0.2, -0.15) is 0 Å². The maximum Gasteiger partial charge on any atom is 0.174 e. The zero-order chi connectivity index (χ0) is 15.6. The Morgan fingerprint density at radius 1 is 1.38 bits per heavy atom. The Hall–Kier alpha value is -1.82. The molecule has 1 aliphatic heterocycles. The molecule has 1 aromatic rings. The van der Waals surface area contributed by atoms with E-state index in [-0.39, 0.29) is 5.84 Å². The molecule has 0 saturated carbocycles. The zero-order valence-corrected chi connectivity index (χ0v) is 13.3. The monoisotopic (exact) mass is 291 g/mol. The molecule has 3 N–H and O–H groups in total. The quantitative estimate of drug-likeness (QED) is 0.380. The van der Waals surface area contributed by atoms with E-state index in [0.717, 1.165) is 48.6 Å². The Balaban J connectivity index is 2.32. The van der Waals surface area contributed by atoms with Gasteiger partial charge in [0.25, 0.3) is 0 Å². The highest BCUT2D eigenvalue weighted by atomic mass is 16.4. The lowest BCUT2D eigenvalue weighted by atomic mass is 10.0. The predicted molar refractivity (Wildman–Crippen MR) is 85.1 cm³/mol. The Morgan fingerprint density at radius 3 is 2.52 bits per heavy atom. The lowest BCUT2D eigenvalue weighted by molar-refractivity contribution is 0.249. The largest absolute Gasteiger partial charge is 0.409 e. The van der Waals surface area contributed by atoms with Gasteiger partial charge in [-0.3, -0.25) is 4.98 Å². The minimum Gasteiger partial charge on any atom is -0.409 e. The third-order valence-corrected chi connectivity index (χ3v) is 4.21. The van der Waals surface area contributed by atoms with E-state index in [9.17, 15) is 0 Å². The number of oxime groups is 1. The fourth-order valence-electron chi connectivity index (χ4n) is 3.05. The summed E-state index contributed by atoms with van der Waals surface area (Å²) in [4.78, 5) is 9.03. The van der Waals surface area contributed by atoms with E-state index >= 15 is 0 Å². The van der Waals surface area contributed by atoms with Crippen molar-refractivity contribution in [3.63, 3.8) is 0 Å². The van der Waals surface area contributed by atoms with Crippen LogP contribution < -0.4 is 10.6 Å². The Bertz CT molecular complexity index is 533. The number of amidine groups is 1. The molecule has 1 saturated heterocycles. The van der Waals surface area contributed by atoms with Crippen LogP contribution in [0.25, 0.3) is 0 Å². The standard InChI is InChI=1S/C15H25N5O/c1-10-9-13(14(11(2)17-10)15(16)18-21)20-7-5-12(6-8-20)19(3)4/h9,12,21H,5-8H2,1-4H3,(H2,16,18). The van der Waals surface area contributed by atoms with Crippen LogP contribution in [-0.4, -0.2) is 54.2 Å². The molecule has 6 heteroatoms. The molecule has 0 radical (unpaired) electrons. The summed E-state index contributed by atoms with van der Waals surface area (Å²) in [5, 5.41) is 12.2. The molecule has 0 atom stereocenters. The van der Waals surface area contributed by atoms with Gasteiger partial charge in [0.1, 0.15) is 0 Å². The molecule has 0 bridgehead atoms. The van der Waals surface area contributed by atoms with E-state index in [0.29, 0.717) is 6.04 Å². The van der Waals surface area contributed by atoms with Crippen molar-refractivity contribution in [2.45, 2.75) is 32.7 Å². The highest BCUT2D eigenvalue weighted by Crippen LogP contribution is 2.27. The number of nitrogens with zero attached hydrogens (tertiary/aromatic N) is 4. The summed E-state index contributed by atoms with van der Waals surface area (Å²) >= 11 is 0. The fraction of sp³-hybridized carbons (Fsp3) is 0.600. The van der Waals surface area contributed by atoms with E-state index in [1.807, 2.05) is 19.9 Å². The molecule has 0 aliphatic carbocycles. The van der Waals surface area contributed by atoms with Gasteiger partial charge in [-0.1, -0.05) is 5.16 Å². The van der Waals surface area contributed by atoms with Crippen LogP contribution >= 0.6 is 0 Å². The van der Waals surface area contributed by atoms with E-state index < -0.39 is 0 Å². The third-order valence-electron chi connectivity index (χ3n) is 4.21. The first-order valence-corrected chi connectivity index (χ1v) is 7.31. The molecule has 0 unspecified atom stereocenters. The van der Waals surface area contributed by atoms with Crippen LogP contribution in [0.3, 0.4) is 0 Å². The van der Waals surface area contributed by atoms with Crippen LogP contribution in [-0.2, 0) is 0 Å². The van der Waals surface area contributed by atoms with E-state index in [2.05, 4.69) is 34.0 Å². The molecule has 1 aliphatic rings. The number of nitrogens with two attached hydrogens (primary N) is 1. The number of hydrogen-bond acceptors (Lipinski definition) is 5. The SMILES string of the molecule is Cc1cc(N2CCC(N(C)C)CC2)c(/C(N)=N/O)c(C)n1. The van der Waals surface area contributed by atoms with Crippen molar-refractivity contribution in [2.75, 3.05) is 32.1 Å². The van der Waals surface area contributed by atoms with Gasteiger partial charge in [0.2, 0.25) is 0 Å². The minimum atomic E-state index is 0.129. The second kappa shape index (κ2) is 6.30. The minimum absolute atomic E-state index is 0.129. The first-order chi connectivity index (χ1) is 9.93. The highest BCUT2D eigenvalue weighted by Gasteiger charge is 2.24. The predicted octanol–water partition coefficient (Wildman–Crippen LogP) is 1.32. The molecule has 1 aromatic heterocycles. The molecule has 0 aromatic carbocycles. The fourth-order valence-corrected chi connectivity index (χ4v) is 3.05. The number of rotatable bonds is 3. The number of aryl methyl sites for hydroxylation is 2. The average Bonchev–Trinajstić information content (AvgIpc) is 2.45. The number of pyridine rings is 1. The summed E-state index contributed by atoms with van der Waals surface area (Å²) in [6.45, 7) is 5.81. The molecule has 2 heterocycles. The summed E-state index contributed by atoms with van der Waals surface area (Å²) in [6, 6.07) is 2.65. The maximum atomic E-state index is 9.03. The van der Waals surface area contributed by atoms with Crippen molar-refractivity contribution in [3.05, 3.63) is 23.0 Å². The molecule has 0 amide bonds. The normalized spacial score (nSPS) is 17.6. The van der Waals surface area contributed by atoms with Gasteiger partial charge in [0.05, 0.1) is 16.9 Å². The molecular formula is C15H25N5O. The van der Waals surface area contributed by atoms with Gasteiger partial charge in [-0.15, -0.1) is 0 Å². The van der Waals surface area contributed by atoms with Crippen LogP contribution in [0.4, 0.5) is 5.69 Å². The van der Waals surface area contributed by atoms with Crippen LogP contribution in [0.15, 0.2) is 11.2 Å². The molecule has 1 fully saturated rings. The smallest absolute Gasteiger partial charge is 0.174 e. The van der Waals surface area contributed by atoms with Crippen LogP contribution in [0.5, 0.6) is 0 Å². The van der Waals surface area contributed by atoms with Crippen molar-refractivity contribution in [3.8, 4) is 0 Å². The first kappa shape index (κ1) is 15.6. The summed E-state index contributed by atoms with van der Waals surface area (Å²) in [7, 11) is 4.26. The van der Waals surface area contributed by atoms with E-state index in [4.69, 9.17) is 10.9 Å².